The van der Waals surface area contributed by atoms with E-state index in [1.807, 2.05) is 38.2 Å². The van der Waals surface area contributed by atoms with Crippen LogP contribution in [0.1, 0.15) is 13.8 Å². The van der Waals surface area contributed by atoms with Gasteiger partial charge in [-0.25, -0.2) is 9.59 Å². The van der Waals surface area contributed by atoms with Crippen LogP contribution in [-0.4, -0.2) is 11.9 Å². The lowest BCUT2D eigenvalue weighted by molar-refractivity contribution is -0.152. The SMILES string of the molecule is CC=CC=CC=CC(=O)OC(=O)C=CC=CC=CC. The first-order valence-electron chi connectivity index (χ1n) is 5.88. The van der Waals surface area contributed by atoms with Gasteiger partial charge in [-0.2, -0.15) is 0 Å². The Morgan fingerprint density at radius 3 is 1.37 bits per heavy atom. The summed E-state index contributed by atoms with van der Waals surface area (Å²) in [5.74, 6) is -1.39. The summed E-state index contributed by atoms with van der Waals surface area (Å²) in [5, 5.41) is 0. The van der Waals surface area contributed by atoms with Gasteiger partial charge in [0.25, 0.3) is 0 Å². The van der Waals surface area contributed by atoms with E-state index in [2.05, 4.69) is 4.74 Å². The van der Waals surface area contributed by atoms with E-state index in [1.54, 1.807) is 24.3 Å². The fourth-order valence-corrected chi connectivity index (χ4v) is 0.914. The second-order valence-electron chi connectivity index (χ2n) is 3.28. The molecule has 100 valence electrons. The maximum Gasteiger partial charge on any atom is 0.338 e. The molecule has 0 aromatic heterocycles. The highest BCUT2D eigenvalue weighted by molar-refractivity contribution is 5.96. The van der Waals surface area contributed by atoms with Crippen LogP contribution < -0.4 is 0 Å². The van der Waals surface area contributed by atoms with Gasteiger partial charge < -0.3 is 4.74 Å². The zero-order chi connectivity index (χ0) is 14.3. The zero-order valence-electron chi connectivity index (χ0n) is 11.2. The molecule has 0 fully saturated rings. The van der Waals surface area contributed by atoms with Gasteiger partial charge in [-0.05, 0) is 13.8 Å². The Bertz CT molecular complexity index is 405. The van der Waals surface area contributed by atoms with Gasteiger partial charge >= 0.3 is 11.9 Å². The van der Waals surface area contributed by atoms with E-state index in [0.29, 0.717) is 0 Å². The van der Waals surface area contributed by atoms with Gasteiger partial charge in [-0.3, -0.25) is 0 Å². The van der Waals surface area contributed by atoms with E-state index >= 15 is 0 Å². The van der Waals surface area contributed by atoms with Crippen LogP contribution in [0.4, 0.5) is 0 Å². The van der Waals surface area contributed by atoms with Crippen molar-refractivity contribution < 1.29 is 14.3 Å². The third kappa shape index (κ3) is 11.8. The molecule has 0 aromatic carbocycles. The number of carbonyl (C=O) groups is 2. The van der Waals surface area contributed by atoms with Gasteiger partial charge in [0.05, 0.1) is 0 Å². The number of allylic oxidation sites excluding steroid dienone is 10. The topological polar surface area (TPSA) is 43.4 Å². The van der Waals surface area contributed by atoms with Gasteiger partial charge in [-0.15, -0.1) is 0 Å². The van der Waals surface area contributed by atoms with Crippen LogP contribution in [-0.2, 0) is 14.3 Å². The van der Waals surface area contributed by atoms with Gasteiger partial charge in [0.2, 0.25) is 0 Å². The van der Waals surface area contributed by atoms with E-state index in [4.69, 9.17) is 0 Å². The number of hydrogen-bond donors (Lipinski definition) is 0. The monoisotopic (exact) mass is 258 g/mol. The van der Waals surface area contributed by atoms with Crippen LogP contribution in [0.3, 0.4) is 0 Å². The van der Waals surface area contributed by atoms with Gasteiger partial charge in [-0.1, -0.05) is 60.8 Å². The molecule has 0 heterocycles. The van der Waals surface area contributed by atoms with E-state index in [0.717, 1.165) is 0 Å². The normalized spacial score (nSPS) is 12.9. The summed E-state index contributed by atoms with van der Waals surface area (Å²) in [6.07, 6.45) is 19.6. The number of rotatable bonds is 6. The molecule has 0 atom stereocenters. The molecule has 0 N–H and O–H groups in total. The number of carbonyl (C=O) groups excluding carboxylic acids is 2. The van der Waals surface area contributed by atoms with Crippen molar-refractivity contribution in [2.75, 3.05) is 0 Å². The third-order valence-electron chi connectivity index (χ3n) is 1.72. The maximum atomic E-state index is 11.2. The summed E-state index contributed by atoms with van der Waals surface area (Å²) >= 11 is 0. The Balaban J connectivity index is 4.09. The van der Waals surface area contributed by atoms with E-state index in [1.165, 1.54) is 24.3 Å². The van der Waals surface area contributed by atoms with Crippen molar-refractivity contribution in [1.29, 1.82) is 0 Å². The lowest BCUT2D eigenvalue weighted by Gasteiger charge is -1.92. The molecule has 0 aliphatic carbocycles. The standard InChI is InChI=1S/C16H18O3/c1-3-5-7-9-11-13-15(17)19-16(18)14-12-10-8-6-4-2/h3-14H,1-2H3. The molecule has 0 saturated carbocycles. The molecule has 0 radical (unpaired) electrons. The number of hydrogen-bond acceptors (Lipinski definition) is 3. The highest BCUT2D eigenvalue weighted by Crippen LogP contribution is 1.88. The van der Waals surface area contributed by atoms with Crippen molar-refractivity contribution in [3.05, 3.63) is 72.9 Å². The molecule has 0 aliphatic heterocycles. The van der Waals surface area contributed by atoms with Crippen molar-refractivity contribution in [1.82, 2.24) is 0 Å². The molecule has 0 aliphatic rings. The van der Waals surface area contributed by atoms with E-state index in [9.17, 15) is 9.59 Å². The quantitative estimate of drug-likeness (QED) is 0.317. The van der Waals surface area contributed by atoms with Crippen LogP contribution in [0.15, 0.2) is 72.9 Å². The molecule has 0 unspecified atom stereocenters. The summed E-state index contributed by atoms with van der Waals surface area (Å²) in [4.78, 5) is 22.4. The maximum absolute atomic E-state index is 11.2. The molecule has 19 heavy (non-hydrogen) atoms. The van der Waals surface area contributed by atoms with E-state index in [-0.39, 0.29) is 0 Å². The van der Waals surface area contributed by atoms with Crippen molar-refractivity contribution in [3.63, 3.8) is 0 Å². The molecule has 0 aromatic rings. The Morgan fingerprint density at radius 2 is 1.00 bits per heavy atom. The summed E-state index contributed by atoms with van der Waals surface area (Å²) in [6.45, 7) is 3.77. The Morgan fingerprint density at radius 1 is 0.632 bits per heavy atom. The summed E-state index contributed by atoms with van der Waals surface area (Å²) in [7, 11) is 0. The molecular formula is C16H18O3. The summed E-state index contributed by atoms with van der Waals surface area (Å²) in [5.41, 5.74) is 0. The Labute approximate surface area is 114 Å². The van der Waals surface area contributed by atoms with E-state index < -0.39 is 11.9 Å². The lowest BCUT2D eigenvalue weighted by atomic mass is 10.4. The van der Waals surface area contributed by atoms with Gasteiger partial charge in [0.15, 0.2) is 0 Å². The van der Waals surface area contributed by atoms with Crippen molar-refractivity contribution in [2.24, 2.45) is 0 Å². The van der Waals surface area contributed by atoms with Crippen molar-refractivity contribution in [2.45, 2.75) is 13.8 Å². The van der Waals surface area contributed by atoms with Crippen LogP contribution in [0.2, 0.25) is 0 Å². The first-order valence-corrected chi connectivity index (χ1v) is 5.88. The fourth-order valence-electron chi connectivity index (χ4n) is 0.914. The average Bonchev–Trinajstić information content (AvgIpc) is 2.38. The molecular weight excluding hydrogens is 240 g/mol. The first kappa shape index (κ1) is 16.6. The average molecular weight is 258 g/mol. The van der Waals surface area contributed by atoms with Crippen molar-refractivity contribution in [3.8, 4) is 0 Å². The highest BCUT2D eigenvalue weighted by atomic mass is 16.6. The summed E-state index contributed by atoms with van der Waals surface area (Å²) < 4.78 is 4.51. The smallest absolute Gasteiger partial charge is 0.338 e. The highest BCUT2D eigenvalue weighted by Gasteiger charge is 2.01. The predicted molar refractivity (Wildman–Crippen MR) is 77.3 cm³/mol. The van der Waals surface area contributed by atoms with Crippen LogP contribution in [0, 0.1) is 0 Å². The molecule has 0 spiro atoms. The van der Waals surface area contributed by atoms with Gasteiger partial charge in [0.1, 0.15) is 0 Å². The molecule has 0 amide bonds. The largest absolute Gasteiger partial charge is 0.387 e. The molecule has 0 saturated heterocycles. The molecule has 3 nitrogen and oxygen atoms in total. The minimum absolute atomic E-state index is 0.697. The van der Waals surface area contributed by atoms with Crippen molar-refractivity contribution >= 4 is 11.9 Å². The molecule has 0 bridgehead atoms. The second kappa shape index (κ2) is 12.0. The Kier molecular flexibility index (Phi) is 10.5. The summed E-state index contributed by atoms with van der Waals surface area (Å²) in [6, 6.07) is 0. The predicted octanol–water partition coefficient (Wildman–Crippen LogP) is 3.43. The third-order valence-corrected chi connectivity index (χ3v) is 1.72. The van der Waals surface area contributed by atoms with Crippen LogP contribution in [0.25, 0.3) is 0 Å². The molecule has 3 heteroatoms. The zero-order valence-corrected chi connectivity index (χ0v) is 11.2. The lowest BCUT2D eigenvalue weighted by Crippen LogP contribution is -2.06. The van der Waals surface area contributed by atoms with Gasteiger partial charge in [0, 0.05) is 12.2 Å². The molecule has 0 rings (SSSR count). The van der Waals surface area contributed by atoms with Crippen LogP contribution in [0.5, 0.6) is 0 Å². The fraction of sp³-hybridized carbons (Fsp3) is 0.125. The number of ether oxygens (including phenoxy) is 1. The first-order chi connectivity index (χ1) is 9.20. The second-order valence-corrected chi connectivity index (χ2v) is 3.28. The Hall–Kier alpha value is -2.42. The minimum Gasteiger partial charge on any atom is -0.387 e. The number of esters is 2. The van der Waals surface area contributed by atoms with Crippen LogP contribution >= 0.6 is 0 Å². The minimum atomic E-state index is -0.697.